The predicted molar refractivity (Wildman–Crippen MR) is 106 cm³/mol. The summed E-state index contributed by atoms with van der Waals surface area (Å²) in [6, 6.07) is 7.20. The first-order valence-corrected chi connectivity index (χ1v) is 8.98. The lowest BCUT2D eigenvalue weighted by molar-refractivity contribution is 0.0627. The summed E-state index contributed by atoms with van der Waals surface area (Å²) in [5, 5.41) is 50.1. The van der Waals surface area contributed by atoms with Crippen LogP contribution in [0.5, 0.6) is 0 Å². The van der Waals surface area contributed by atoms with Crippen molar-refractivity contribution in [2.75, 3.05) is 13.2 Å². The SMILES string of the molecule is O=C(O)c1ccc(C(=O)O)cc1.O=C(O)c1ccc(C(=O)O)o1.OCCCCCCO. The maximum atomic E-state index is 10.3. The van der Waals surface area contributed by atoms with Crippen molar-refractivity contribution in [3.63, 3.8) is 0 Å². The van der Waals surface area contributed by atoms with Gasteiger partial charge in [0.15, 0.2) is 0 Å². The summed E-state index contributed by atoms with van der Waals surface area (Å²) in [5.41, 5.74) is 0.167. The number of benzene rings is 1. The average molecular weight is 440 g/mol. The third-order valence-corrected chi connectivity index (χ3v) is 3.47. The van der Waals surface area contributed by atoms with Crippen LogP contribution in [0.3, 0.4) is 0 Å². The van der Waals surface area contributed by atoms with Crippen LogP contribution in [0.2, 0.25) is 0 Å². The van der Waals surface area contributed by atoms with Gasteiger partial charge in [0.1, 0.15) is 0 Å². The normalized spacial score (nSPS) is 9.48. The minimum atomic E-state index is -1.28. The lowest BCUT2D eigenvalue weighted by atomic mass is 10.1. The number of hydrogen-bond acceptors (Lipinski definition) is 7. The molecule has 0 radical (unpaired) electrons. The highest BCUT2D eigenvalue weighted by Crippen LogP contribution is 2.07. The second-order valence-electron chi connectivity index (χ2n) is 5.82. The number of carbonyl (C=O) groups is 4. The Morgan fingerprint density at radius 1 is 0.548 bits per heavy atom. The first-order chi connectivity index (χ1) is 14.6. The van der Waals surface area contributed by atoms with E-state index in [2.05, 4.69) is 4.42 Å². The summed E-state index contributed by atoms with van der Waals surface area (Å²) in [6.45, 7) is 0.566. The zero-order valence-corrected chi connectivity index (χ0v) is 16.4. The average Bonchev–Trinajstić information content (AvgIpc) is 3.23. The molecule has 2 aromatic rings. The number of unbranched alkanes of at least 4 members (excludes halogenated alkanes) is 3. The lowest BCUT2D eigenvalue weighted by Crippen LogP contribution is -1.99. The first-order valence-electron chi connectivity index (χ1n) is 8.98. The third kappa shape index (κ3) is 11.8. The molecule has 11 nitrogen and oxygen atoms in total. The molecule has 0 aliphatic carbocycles. The molecule has 0 unspecified atom stereocenters. The van der Waals surface area contributed by atoms with E-state index in [0.29, 0.717) is 0 Å². The molecule has 6 N–H and O–H groups in total. The number of furan rings is 1. The van der Waals surface area contributed by atoms with Crippen molar-refractivity contribution in [2.45, 2.75) is 25.7 Å². The minimum absolute atomic E-state index is 0.0833. The Morgan fingerprint density at radius 3 is 1.06 bits per heavy atom. The van der Waals surface area contributed by atoms with Crippen molar-refractivity contribution < 1.29 is 54.2 Å². The number of hydrogen-bond donors (Lipinski definition) is 6. The quantitative estimate of drug-likeness (QED) is 0.312. The van der Waals surface area contributed by atoms with Gasteiger partial charge in [-0.1, -0.05) is 12.8 Å². The van der Waals surface area contributed by atoms with Crippen molar-refractivity contribution in [1.29, 1.82) is 0 Å². The smallest absolute Gasteiger partial charge is 0.371 e. The van der Waals surface area contributed by atoms with Gasteiger partial charge in [0.2, 0.25) is 11.5 Å². The summed E-state index contributed by atoms with van der Waals surface area (Å²) in [4.78, 5) is 41.0. The second-order valence-corrected chi connectivity index (χ2v) is 5.82. The predicted octanol–water partition coefficient (Wildman–Crippen LogP) is 2.29. The summed E-state index contributed by atoms with van der Waals surface area (Å²) in [7, 11) is 0. The van der Waals surface area contributed by atoms with E-state index < -0.39 is 23.9 Å². The Morgan fingerprint density at radius 2 is 0.871 bits per heavy atom. The molecule has 0 saturated carbocycles. The van der Waals surface area contributed by atoms with Crippen LogP contribution < -0.4 is 0 Å². The molecule has 1 aromatic heterocycles. The van der Waals surface area contributed by atoms with Crippen molar-refractivity contribution in [1.82, 2.24) is 0 Å². The second kappa shape index (κ2) is 15.2. The molecule has 1 heterocycles. The zero-order valence-electron chi connectivity index (χ0n) is 16.4. The Labute approximate surface area is 176 Å². The lowest BCUT2D eigenvalue weighted by Gasteiger charge is -1.94. The van der Waals surface area contributed by atoms with Crippen LogP contribution in [-0.2, 0) is 0 Å². The molecule has 0 fully saturated rings. The summed E-state index contributed by atoms with van der Waals surface area (Å²) in [6.07, 6.45) is 3.83. The zero-order chi connectivity index (χ0) is 23.8. The molecular weight excluding hydrogens is 416 g/mol. The highest BCUT2D eigenvalue weighted by Gasteiger charge is 2.12. The molecule has 0 saturated heterocycles. The van der Waals surface area contributed by atoms with Gasteiger partial charge < -0.3 is 35.1 Å². The van der Waals surface area contributed by atoms with Crippen molar-refractivity contribution in [3.8, 4) is 0 Å². The Balaban J connectivity index is 0.000000446. The van der Waals surface area contributed by atoms with Crippen LogP contribution in [0.1, 0.15) is 67.5 Å². The van der Waals surface area contributed by atoms with Gasteiger partial charge in [0.25, 0.3) is 0 Å². The molecule has 1 aromatic carbocycles. The minimum Gasteiger partial charge on any atom is -0.478 e. The summed E-state index contributed by atoms with van der Waals surface area (Å²) < 4.78 is 4.41. The van der Waals surface area contributed by atoms with Crippen molar-refractivity contribution in [2.24, 2.45) is 0 Å². The van der Waals surface area contributed by atoms with Gasteiger partial charge >= 0.3 is 23.9 Å². The van der Waals surface area contributed by atoms with E-state index in [1.807, 2.05) is 0 Å². The molecule has 170 valence electrons. The summed E-state index contributed by atoms with van der Waals surface area (Å²) in [5.74, 6) is -5.43. The maximum Gasteiger partial charge on any atom is 0.371 e. The van der Waals surface area contributed by atoms with Crippen LogP contribution in [-0.4, -0.2) is 67.7 Å². The van der Waals surface area contributed by atoms with E-state index in [-0.39, 0.29) is 35.9 Å². The molecule has 0 bridgehead atoms. The molecule has 11 heteroatoms. The molecule has 31 heavy (non-hydrogen) atoms. The molecule has 0 aliphatic rings. The standard InChI is InChI=1S/C8H6O4.C6H4O5.C6H14O2/c9-7(10)5-1-2-6(4-3-5)8(11)12;7-5(8)3-1-2-4(11-3)6(9)10;7-5-3-1-2-4-6-8/h1-4H,(H,9,10)(H,11,12);1-2H,(H,7,8)(H,9,10);7-8H,1-6H2. The van der Waals surface area contributed by atoms with Gasteiger partial charge in [-0.25, -0.2) is 19.2 Å². The number of aliphatic hydroxyl groups excluding tert-OH is 2. The Bertz CT molecular complexity index is 770. The summed E-state index contributed by atoms with van der Waals surface area (Å²) >= 11 is 0. The fourth-order valence-electron chi connectivity index (χ4n) is 1.90. The van der Waals surface area contributed by atoms with Crippen LogP contribution in [0.25, 0.3) is 0 Å². The van der Waals surface area contributed by atoms with Crippen molar-refractivity contribution in [3.05, 3.63) is 59.0 Å². The van der Waals surface area contributed by atoms with Crippen molar-refractivity contribution >= 4 is 23.9 Å². The molecular formula is C20H24O11. The molecule has 0 amide bonds. The van der Waals surface area contributed by atoms with Gasteiger partial charge in [0.05, 0.1) is 11.1 Å². The van der Waals surface area contributed by atoms with E-state index >= 15 is 0 Å². The van der Waals surface area contributed by atoms with Gasteiger partial charge in [-0.2, -0.15) is 0 Å². The Kier molecular flexibility index (Phi) is 13.4. The maximum absolute atomic E-state index is 10.3. The highest BCUT2D eigenvalue weighted by atomic mass is 16.4. The molecule has 0 aliphatic heterocycles. The molecule has 0 spiro atoms. The third-order valence-electron chi connectivity index (χ3n) is 3.47. The van der Waals surface area contributed by atoms with Gasteiger partial charge in [-0.15, -0.1) is 0 Å². The largest absolute Gasteiger partial charge is 0.478 e. The van der Waals surface area contributed by atoms with E-state index in [1.165, 1.54) is 24.3 Å². The van der Waals surface area contributed by atoms with Crippen LogP contribution in [0.15, 0.2) is 40.8 Å². The number of aliphatic hydroxyl groups is 2. The van der Waals surface area contributed by atoms with Gasteiger partial charge in [-0.3, -0.25) is 0 Å². The van der Waals surface area contributed by atoms with Gasteiger partial charge in [0, 0.05) is 13.2 Å². The number of carboxylic acid groups (broad SMARTS) is 4. The highest BCUT2D eigenvalue weighted by molar-refractivity contribution is 5.91. The van der Waals surface area contributed by atoms with Crippen LogP contribution in [0.4, 0.5) is 0 Å². The first kappa shape index (κ1) is 27.3. The van der Waals surface area contributed by atoms with Crippen LogP contribution >= 0.6 is 0 Å². The topological polar surface area (TPSA) is 203 Å². The van der Waals surface area contributed by atoms with Crippen LogP contribution in [0, 0.1) is 0 Å². The number of carboxylic acids is 4. The monoisotopic (exact) mass is 440 g/mol. The van der Waals surface area contributed by atoms with E-state index in [9.17, 15) is 19.2 Å². The van der Waals surface area contributed by atoms with Gasteiger partial charge in [-0.05, 0) is 49.2 Å². The van der Waals surface area contributed by atoms with E-state index in [0.717, 1.165) is 37.8 Å². The fraction of sp³-hybridized carbons (Fsp3) is 0.300. The van der Waals surface area contributed by atoms with E-state index in [4.69, 9.17) is 30.6 Å². The number of rotatable bonds is 9. The number of aromatic carboxylic acids is 4. The molecule has 0 atom stereocenters. The fourth-order valence-corrected chi connectivity index (χ4v) is 1.90. The van der Waals surface area contributed by atoms with E-state index in [1.54, 1.807) is 0 Å². The Hall–Kier alpha value is -3.70. The molecule has 2 rings (SSSR count).